The van der Waals surface area contributed by atoms with Gasteiger partial charge in [-0.25, -0.2) is 15.8 Å². The maximum atomic E-state index is 13.2. The van der Waals surface area contributed by atoms with E-state index in [1.165, 1.54) is 11.1 Å². The van der Waals surface area contributed by atoms with Crippen LogP contribution in [0.5, 0.6) is 0 Å². The Morgan fingerprint density at radius 1 is 1.15 bits per heavy atom. The SMILES string of the molecule is NC(=O)C1C(Nc2ccc(C3CSC4C(=O)C=C(N5CCOCC5)OC43)c3c2NCC3)NC(N[C@H]2CCCC[C@H]2N)N2CNNC12. The van der Waals surface area contributed by atoms with E-state index in [9.17, 15) is 9.59 Å². The highest BCUT2D eigenvalue weighted by molar-refractivity contribution is 8.01. The van der Waals surface area contributed by atoms with Crippen molar-refractivity contribution in [2.24, 2.45) is 17.4 Å². The molecule has 9 atom stereocenters. The number of rotatable bonds is 7. The Morgan fingerprint density at radius 2 is 2.00 bits per heavy atom. The topological polar surface area (TPSA) is 183 Å². The normalized spacial score (nSPS) is 37.5. The summed E-state index contributed by atoms with van der Waals surface area (Å²) >= 11 is 1.70. The zero-order valence-corrected chi connectivity index (χ0v) is 26.8. The van der Waals surface area contributed by atoms with Crippen molar-refractivity contribution >= 4 is 34.8 Å². The molecule has 1 saturated carbocycles. The summed E-state index contributed by atoms with van der Waals surface area (Å²) in [6.07, 6.45) is 5.74. The molecule has 1 aliphatic carbocycles. The van der Waals surface area contributed by atoms with Gasteiger partial charge in [0.25, 0.3) is 0 Å². The van der Waals surface area contributed by atoms with E-state index in [1.807, 2.05) is 0 Å². The third-order valence-electron chi connectivity index (χ3n) is 10.8. The molecule has 15 heteroatoms. The summed E-state index contributed by atoms with van der Waals surface area (Å²) in [6.45, 7) is 4.10. The molecule has 14 nitrogen and oxygen atoms in total. The number of allylic oxidation sites excluding steroid dienone is 1. The molecule has 1 amide bonds. The van der Waals surface area contributed by atoms with Crippen molar-refractivity contribution in [2.75, 3.05) is 55.9 Å². The molecule has 7 unspecified atom stereocenters. The summed E-state index contributed by atoms with van der Waals surface area (Å²) in [7, 11) is 0. The van der Waals surface area contributed by atoms with E-state index in [2.05, 4.69) is 54.1 Å². The lowest BCUT2D eigenvalue weighted by Crippen LogP contribution is -2.74. The molecule has 7 aliphatic rings. The summed E-state index contributed by atoms with van der Waals surface area (Å²) < 4.78 is 12.1. The van der Waals surface area contributed by atoms with Crippen LogP contribution in [-0.2, 0) is 25.5 Å². The van der Waals surface area contributed by atoms with Gasteiger partial charge in [-0.1, -0.05) is 18.9 Å². The molecule has 6 aliphatic heterocycles. The second kappa shape index (κ2) is 12.8. The molecular formula is C31H46N10O4S. The number of nitrogens with zero attached hydrogens (tertiary/aromatic N) is 2. The maximum Gasteiger partial charge on any atom is 0.227 e. The quantitative estimate of drug-likeness (QED) is 0.184. The van der Waals surface area contributed by atoms with E-state index < -0.39 is 12.1 Å². The van der Waals surface area contributed by atoms with E-state index in [1.54, 1.807) is 17.8 Å². The highest BCUT2D eigenvalue weighted by Crippen LogP contribution is 2.48. The van der Waals surface area contributed by atoms with Gasteiger partial charge in [-0.3, -0.25) is 20.2 Å². The van der Waals surface area contributed by atoms with Crippen molar-refractivity contribution in [3.8, 4) is 0 Å². The van der Waals surface area contributed by atoms with Crippen LogP contribution in [0.25, 0.3) is 0 Å². The van der Waals surface area contributed by atoms with Crippen molar-refractivity contribution in [2.45, 2.75) is 80.1 Å². The van der Waals surface area contributed by atoms with Gasteiger partial charge in [0.15, 0.2) is 11.7 Å². The van der Waals surface area contributed by atoms with E-state index in [0.717, 1.165) is 68.9 Å². The van der Waals surface area contributed by atoms with E-state index in [4.69, 9.17) is 20.9 Å². The fraction of sp³-hybridized carbons (Fsp3) is 0.677. The number of nitrogens with one attached hydrogen (secondary N) is 6. The van der Waals surface area contributed by atoms with Gasteiger partial charge < -0.3 is 36.5 Å². The van der Waals surface area contributed by atoms with Crippen molar-refractivity contribution in [3.05, 3.63) is 35.2 Å². The van der Waals surface area contributed by atoms with Crippen LogP contribution in [0.3, 0.4) is 0 Å². The van der Waals surface area contributed by atoms with Gasteiger partial charge in [0.2, 0.25) is 5.91 Å². The number of hydrazine groups is 1. The van der Waals surface area contributed by atoms with E-state index in [-0.39, 0.29) is 53.5 Å². The molecular weight excluding hydrogens is 608 g/mol. The molecule has 250 valence electrons. The minimum Gasteiger partial charge on any atom is -0.473 e. The standard InChI is InChI=1S/C31H46N10O4S/c32-19-3-1-2-4-20(19)37-31-38-29(24(28(33)43)30-39-35-15-41(30)31)36-21-6-5-16(17-7-8-34-25(17)21)18-14-46-27-22(42)13-23(45-26(18)27)40-9-11-44-12-10-40/h5-6,13,18-20,24,26-27,29-31,34-39H,1-4,7-12,14-15,32H2,(H2,33,43)/t18?,19-,20+,24?,26?,27?,29?,30?,31?/m1/s1. The molecule has 6 heterocycles. The summed E-state index contributed by atoms with van der Waals surface area (Å²) in [4.78, 5) is 30.5. The highest BCUT2D eigenvalue weighted by Gasteiger charge is 2.50. The van der Waals surface area contributed by atoms with Gasteiger partial charge in [0, 0.05) is 49.5 Å². The fourth-order valence-corrected chi connectivity index (χ4v) is 9.81. The Bertz CT molecular complexity index is 1380. The summed E-state index contributed by atoms with van der Waals surface area (Å²) in [6, 6.07) is 4.56. The van der Waals surface area contributed by atoms with Crippen molar-refractivity contribution in [1.82, 2.24) is 31.3 Å². The van der Waals surface area contributed by atoms with Crippen LogP contribution < -0.4 is 43.6 Å². The minimum absolute atomic E-state index is 0.0909. The van der Waals surface area contributed by atoms with Crippen LogP contribution in [0.15, 0.2) is 24.1 Å². The Morgan fingerprint density at radius 3 is 2.83 bits per heavy atom. The van der Waals surface area contributed by atoms with E-state index in [0.29, 0.717) is 25.8 Å². The second-order valence-corrected chi connectivity index (χ2v) is 14.6. The van der Waals surface area contributed by atoms with Gasteiger partial charge in [0.1, 0.15) is 23.6 Å². The lowest BCUT2D eigenvalue weighted by Gasteiger charge is -2.48. The predicted molar refractivity (Wildman–Crippen MR) is 175 cm³/mol. The molecule has 0 radical (unpaired) electrons. The minimum atomic E-state index is -0.552. The zero-order valence-electron chi connectivity index (χ0n) is 26.0. The number of nitrogens with two attached hydrogens (primary N) is 2. The monoisotopic (exact) mass is 654 g/mol. The summed E-state index contributed by atoms with van der Waals surface area (Å²) in [5.41, 5.74) is 23.5. The zero-order chi connectivity index (χ0) is 31.4. The Hall–Kier alpha value is -2.63. The van der Waals surface area contributed by atoms with Crippen molar-refractivity contribution < 1.29 is 19.1 Å². The summed E-state index contributed by atoms with van der Waals surface area (Å²) in [5.74, 6) is 0.795. The average molecular weight is 655 g/mol. The molecule has 1 aromatic carbocycles. The third-order valence-corrected chi connectivity index (χ3v) is 12.2. The van der Waals surface area contributed by atoms with Crippen LogP contribution in [0.1, 0.15) is 42.7 Å². The number of benzene rings is 1. The molecule has 4 saturated heterocycles. The highest BCUT2D eigenvalue weighted by atomic mass is 32.2. The number of fused-ring (bicyclic) bond motifs is 3. The summed E-state index contributed by atoms with van der Waals surface area (Å²) in [5, 5.41) is 14.5. The Balaban J connectivity index is 1.04. The van der Waals surface area contributed by atoms with Gasteiger partial charge in [-0.2, -0.15) is 0 Å². The lowest BCUT2D eigenvalue weighted by molar-refractivity contribution is -0.128. The number of ketones is 1. The van der Waals surface area contributed by atoms with Gasteiger partial charge in [-0.15, -0.1) is 11.8 Å². The number of carbonyl (C=O) groups excluding carboxylic acids is 2. The largest absolute Gasteiger partial charge is 0.473 e. The Labute approximate surface area is 273 Å². The number of primary amides is 1. The van der Waals surface area contributed by atoms with Gasteiger partial charge in [-0.05, 0) is 36.5 Å². The number of amides is 1. The van der Waals surface area contributed by atoms with Crippen molar-refractivity contribution in [1.29, 1.82) is 0 Å². The first kappa shape index (κ1) is 30.7. The molecule has 0 bridgehead atoms. The number of hydrogen-bond acceptors (Lipinski definition) is 14. The lowest BCUT2D eigenvalue weighted by atomic mass is 9.86. The fourth-order valence-electron chi connectivity index (χ4n) is 8.36. The predicted octanol–water partition coefficient (Wildman–Crippen LogP) is -0.726. The number of thioether (sulfide) groups is 1. The smallest absolute Gasteiger partial charge is 0.227 e. The number of carbonyl (C=O) groups is 2. The first-order chi connectivity index (χ1) is 22.5. The maximum absolute atomic E-state index is 13.2. The molecule has 1 aromatic rings. The number of hydrogen-bond donors (Lipinski definition) is 8. The molecule has 8 rings (SSSR count). The van der Waals surface area contributed by atoms with Gasteiger partial charge >= 0.3 is 0 Å². The molecule has 10 N–H and O–H groups in total. The van der Waals surface area contributed by atoms with Gasteiger partial charge in [0.05, 0.1) is 43.6 Å². The molecule has 5 fully saturated rings. The molecule has 0 aromatic heterocycles. The first-order valence-electron chi connectivity index (χ1n) is 16.8. The molecule has 0 spiro atoms. The third kappa shape index (κ3) is 5.53. The average Bonchev–Trinajstić information content (AvgIpc) is 3.83. The van der Waals surface area contributed by atoms with Crippen LogP contribution >= 0.6 is 11.8 Å². The first-order valence-corrected chi connectivity index (χ1v) is 17.8. The van der Waals surface area contributed by atoms with E-state index >= 15 is 0 Å². The second-order valence-electron chi connectivity index (χ2n) is 13.4. The number of ether oxygens (including phenoxy) is 2. The molecule has 46 heavy (non-hydrogen) atoms. The van der Waals surface area contributed by atoms with Crippen molar-refractivity contribution in [3.63, 3.8) is 0 Å². The van der Waals surface area contributed by atoms with Crippen LogP contribution in [0.2, 0.25) is 0 Å². The van der Waals surface area contributed by atoms with Crippen LogP contribution in [-0.4, -0.2) is 109 Å². The number of morpholine rings is 1. The van der Waals surface area contributed by atoms with Crippen LogP contribution in [0.4, 0.5) is 11.4 Å². The Kier molecular flexibility index (Phi) is 8.52. The van der Waals surface area contributed by atoms with Crippen LogP contribution in [0, 0.1) is 5.92 Å². The number of anilines is 2.